The number of hydrogen-bond acceptors (Lipinski definition) is 11. The Morgan fingerprint density at radius 1 is 1.00 bits per heavy atom. The van der Waals surface area contributed by atoms with Crippen LogP contribution in [0.4, 0.5) is 0 Å². The molecule has 1 aliphatic heterocycles. The molecule has 5 unspecified atom stereocenters. The number of rotatable bonds is 8. The second kappa shape index (κ2) is 12.1. The Bertz CT molecular complexity index is 1210. The summed E-state index contributed by atoms with van der Waals surface area (Å²) in [6.45, 7) is 4.30. The van der Waals surface area contributed by atoms with Gasteiger partial charge in [-0.2, -0.15) is 4.68 Å². The summed E-state index contributed by atoms with van der Waals surface area (Å²) < 4.78 is 24.5. The lowest BCUT2D eigenvalue weighted by Crippen LogP contribution is -2.65. The van der Waals surface area contributed by atoms with E-state index >= 15 is 0 Å². The van der Waals surface area contributed by atoms with Crippen molar-refractivity contribution < 1.29 is 38.1 Å². The number of ether oxygens (including phenoxy) is 4. The number of carbonyl (C=O) groups is 4. The maximum absolute atomic E-state index is 13.6. The van der Waals surface area contributed by atoms with Crippen molar-refractivity contribution in [3.8, 4) is 5.69 Å². The Morgan fingerprint density at radius 3 is 2.16 bits per heavy atom. The normalized spacial score (nSPS) is 23.1. The predicted octanol–water partition coefficient (Wildman–Crippen LogP) is 0.585. The quantitative estimate of drug-likeness (QED) is 0.286. The van der Waals surface area contributed by atoms with Gasteiger partial charge in [0.05, 0.1) is 5.69 Å². The first kappa shape index (κ1) is 27.9. The third-order valence-electron chi connectivity index (χ3n) is 5.30. The van der Waals surface area contributed by atoms with Crippen molar-refractivity contribution in [2.75, 3.05) is 12.9 Å². The molecule has 37 heavy (non-hydrogen) atoms. The summed E-state index contributed by atoms with van der Waals surface area (Å²) in [6.07, 6.45) is -3.35. The van der Waals surface area contributed by atoms with Gasteiger partial charge >= 0.3 is 23.6 Å². The molecule has 1 saturated heterocycles. The Labute approximate surface area is 216 Å². The Hall–Kier alpha value is -3.65. The number of hydrogen-bond donors (Lipinski definition) is 1. The van der Waals surface area contributed by atoms with Crippen LogP contribution in [0, 0.1) is 0 Å². The Morgan fingerprint density at radius 2 is 1.62 bits per heavy atom. The second-order valence-electron chi connectivity index (χ2n) is 8.13. The molecule has 1 fully saturated rings. The van der Waals surface area contributed by atoms with Gasteiger partial charge in [-0.1, -0.05) is 30.0 Å². The standard InChI is InChI=1S/C23H28N4O9S/c1-12(28)24-18-20(35-15(4)31)19(34-14(3)30)17(11-33-13(2)29)36-21(18)27-23(32)26(22(25-27)37-5)16-9-7-6-8-10-16/h6-10,17-21H,11H2,1-5H3,(H,24,28). The topological polar surface area (TPSA) is 157 Å². The fourth-order valence-electron chi connectivity index (χ4n) is 3.98. The molecule has 0 saturated carbocycles. The first-order chi connectivity index (χ1) is 17.5. The number of thioether (sulfide) groups is 1. The van der Waals surface area contributed by atoms with Crippen molar-refractivity contribution in [3.05, 3.63) is 40.8 Å². The van der Waals surface area contributed by atoms with E-state index in [1.807, 2.05) is 0 Å². The highest BCUT2D eigenvalue weighted by Crippen LogP contribution is 2.32. The fourth-order valence-corrected chi connectivity index (χ4v) is 4.51. The molecule has 3 rings (SSSR count). The van der Waals surface area contributed by atoms with Gasteiger partial charge in [0.25, 0.3) is 0 Å². The zero-order valence-electron chi connectivity index (χ0n) is 20.9. The maximum Gasteiger partial charge on any atom is 0.353 e. The summed E-state index contributed by atoms with van der Waals surface area (Å²) in [5.41, 5.74) is -0.0598. The zero-order chi connectivity index (χ0) is 27.3. The van der Waals surface area contributed by atoms with E-state index in [4.69, 9.17) is 18.9 Å². The molecule has 200 valence electrons. The lowest BCUT2D eigenvalue weighted by Gasteiger charge is -2.44. The smallest absolute Gasteiger partial charge is 0.353 e. The molecular weight excluding hydrogens is 508 g/mol. The minimum atomic E-state index is -1.33. The monoisotopic (exact) mass is 536 g/mol. The van der Waals surface area contributed by atoms with Crippen molar-refractivity contribution in [2.45, 2.75) is 63.4 Å². The van der Waals surface area contributed by atoms with Gasteiger partial charge in [-0.15, -0.1) is 5.10 Å². The van der Waals surface area contributed by atoms with E-state index in [0.29, 0.717) is 10.8 Å². The van der Waals surface area contributed by atoms with Gasteiger partial charge in [-0.25, -0.2) is 9.36 Å². The highest BCUT2D eigenvalue weighted by molar-refractivity contribution is 7.98. The molecule has 1 aliphatic rings. The summed E-state index contributed by atoms with van der Waals surface area (Å²) in [6, 6.07) is 7.56. The van der Waals surface area contributed by atoms with Crippen molar-refractivity contribution in [3.63, 3.8) is 0 Å². The summed E-state index contributed by atoms with van der Waals surface area (Å²) in [4.78, 5) is 61.3. The molecule has 1 amide bonds. The lowest BCUT2D eigenvalue weighted by atomic mass is 9.95. The van der Waals surface area contributed by atoms with Gasteiger partial charge in [0, 0.05) is 27.7 Å². The molecule has 14 heteroatoms. The van der Waals surface area contributed by atoms with Crippen molar-refractivity contribution in [2.24, 2.45) is 0 Å². The van der Waals surface area contributed by atoms with Crippen molar-refractivity contribution >= 4 is 35.6 Å². The van der Waals surface area contributed by atoms with Crippen LogP contribution in [0.5, 0.6) is 0 Å². The first-order valence-electron chi connectivity index (χ1n) is 11.2. The zero-order valence-corrected chi connectivity index (χ0v) is 21.7. The number of nitrogens with zero attached hydrogens (tertiary/aromatic N) is 3. The molecule has 2 aromatic rings. The van der Waals surface area contributed by atoms with Crippen LogP contribution in [-0.2, 0) is 38.1 Å². The minimum absolute atomic E-state index is 0.323. The van der Waals surface area contributed by atoms with E-state index in [-0.39, 0.29) is 0 Å². The van der Waals surface area contributed by atoms with Crippen LogP contribution in [0.15, 0.2) is 40.3 Å². The average molecular weight is 537 g/mol. The van der Waals surface area contributed by atoms with E-state index < -0.39 is 66.7 Å². The van der Waals surface area contributed by atoms with E-state index in [2.05, 4.69) is 10.4 Å². The third-order valence-corrected chi connectivity index (χ3v) is 5.93. The first-order valence-corrected chi connectivity index (χ1v) is 12.5. The molecule has 1 N–H and O–H groups in total. The largest absolute Gasteiger partial charge is 0.463 e. The average Bonchev–Trinajstić information content (AvgIpc) is 3.16. The van der Waals surface area contributed by atoms with Gasteiger partial charge in [0.2, 0.25) is 5.91 Å². The van der Waals surface area contributed by atoms with Gasteiger partial charge in [-0.05, 0) is 18.4 Å². The molecule has 0 bridgehead atoms. The lowest BCUT2D eigenvalue weighted by molar-refractivity contribution is -0.239. The molecule has 5 atom stereocenters. The summed E-state index contributed by atoms with van der Waals surface area (Å²) in [5, 5.41) is 7.37. The van der Waals surface area contributed by atoms with Crippen molar-refractivity contribution in [1.29, 1.82) is 0 Å². The summed E-state index contributed by atoms with van der Waals surface area (Å²) >= 11 is 1.20. The van der Waals surface area contributed by atoms with Crippen LogP contribution in [0.1, 0.15) is 33.9 Å². The van der Waals surface area contributed by atoms with Crippen molar-refractivity contribution in [1.82, 2.24) is 19.7 Å². The van der Waals surface area contributed by atoms with E-state index in [9.17, 15) is 24.0 Å². The molecule has 0 radical (unpaired) electrons. The molecule has 13 nitrogen and oxygen atoms in total. The Kier molecular flexibility index (Phi) is 9.10. The number of nitrogens with one attached hydrogen (secondary N) is 1. The SMILES string of the molecule is CSc1nn(C2OC(COC(C)=O)C(OC(C)=O)C(OC(C)=O)C2NC(C)=O)c(=O)n1-c1ccccc1. The number of benzene rings is 1. The van der Waals surface area contributed by atoms with E-state index in [0.717, 1.165) is 18.5 Å². The van der Waals surface area contributed by atoms with Gasteiger partial charge in [0.15, 0.2) is 23.6 Å². The minimum Gasteiger partial charge on any atom is -0.463 e. The van der Waals surface area contributed by atoms with Crippen LogP contribution in [0.2, 0.25) is 0 Å². The Balaban J connectivity index is 2.18. The molecule has 0 spiro atoms. The molecular formula is C23H28N4O9S. The molecule has 0 aliphatic carbocycles. The second-order valence-corrected chi connectivity index (χ2v) is 8.90. The molecule has 2 heterocycles. The number of esters is 3. The summed E-state index contributed by atoms with van der Waals surface area (Å²) in [7, 11) is 0. The number of amides is 1. The van der Waals surface area contributed by atoms with Crippen LogP contribution >= 0.6 is 11.8 Å². The van der Waals surface area contributed by atoms with E-state index in [1.165, 1.54) is 30.2 Å². The number of aromatic nitrogens is 3. The van der Waals surface area contributed by atoms with Gasteiger partial charge in [0.1, 0.15) is 18.8 Å². The van der Waals surface area contributed by atoms with Crippen LogP contribution in [0.3, 0.4) is 0 Å². The molecule has 1 aromatic carbocycles. The van der Waals surface area contributed by atoms with Crippen LogP contribution in [0.25, 0.3) is 5.69 Å². The highest BCUT2D eigenvalue weighted by Gasteiger charge is 2.52. The maximum atomic E-state index is 13.6. The predicted molar refractivity (Wildman–Crippen MR) is 129 cm³/mol. The van der Waals surface area contributed by atoms with Crippen LogP contribution in [-0.4, -0.2) is 75.4 Å². The van der Waals surface area contributed by atoms with Gasteiger partial charge in [-0.3, -0.25) is 19.2 Å². The number of carbonyl (C=O) groups excluding carboxylic acids is 4. The fraction of sp³-hybridized carbons (Fsp3) is 0.478. The highest BCUT2D eigenvalue weighted by atomic mass is 32.2. The third kappa shape index (κ3) is 6.57. The summed E-state index contributed by atoms with van der Waals surface area (Å²) in [5.74, 6) is -2.63. The number of para-hydroxylation sites is 1. The molecule has 1 aromatic heterocycles. The van der Waals surface area contributed by atoms with Gasteiger partial charge < -0.3 is 24.3 Å². The van der Waals surface area contributed by atoms with Crippen LogP contribution < -0.4 is 11.0 Å². The van der Waals surface area contributed by atoms with E-state index in [1.54, 1.807) is 36.6 Å².